The number of hydrogen-bond acceptors (Lipinski definition) is 3. The van der Waals surface area contributed by atoms with Crippen LogP contribution in [0, 0.1) is 11.7 Å². The summed E-state index contributed by atoms with van der Waals surface area (Å²) in [5.41, 5.74) is 0. The summed E-state index contributed by atoms with van der Waals surface area (Å²) in [5, 5.41) is 11.8. The molecule has 0 aliphatic carbocycles. The minimum atomic E-state index is -0.470. The highest BCUT2D eigenvalue weighted by atomic mass is 35.5. The van der Waals surface area contributed by atoms with Gasteiger partial charge in [0.1, 0.15) is 11.6 Å². The van der Waals surface area contributed by atoms with Crippen LogP contribution in [0.2, 0.25) is 5.02 Å². The van der Waals surface area contributed by atoms with Gasteiger partial charge in [0.25, 0.3) is 5.91 Å². The zero-order valence-corrected chi connectivity index (χ0v) is 11.6. The lowest BCUT2D eigenvalue weighted by Crippen LogP contribution is -2.43. The normalized spacial score (nSPS) is 12.3. The van der Waals surface area contributed by atoms with Crippen molar-refractivity contribution >= 4 is 17.5 Å². The predicted octanol–water partition coefficient (Wildman–Crippen LogP) is 1.99. The van der Waals surface area contributed by atoms with Crippen LogP contribution in [0.15, 0.2) is 18.2 Å². The van der Waals surface area contributed by atoms with Crippen molar-refractivity contribution in [1.82, 2.24) is 5.32 Å². The van der Waals surface area contributed by atoms with Crippen molar-refractivity contribution in [3.8, 4) is 5.75 Å². The first-order chi connectivity index (χ1) is 8.93. The Morgan fingerprint density at radius 3 is 2.74 bits per heavy atom. The Morgan fingerprint density at radius 2 is 2.21 bits per heavy atom. The van der Waals surface area contributed by atoms with Gasteiger partial charge >= 0.3 is 0 Å². The van der Waals surface area contributed by atoms with Crippen molar-refractivity contribution in [2.45, 2.75) is 19.9 Å². The third-order valence-corrected chi connectivity index (χ3v) is 2.90. The number of ether oxygens (including phenoxy) is 1. The number of aliphatic hydroxyl groups is 1. The van der Waals surface area contributed by atoms with E-state index in [2.05, 4.69) is 5.32 Å². The fraction of sp³-hybridized carbons (Fsp3) is 0.462. The molecule has 1 aromatic rings. The third-order valence-electron chi connectivity index (χ3n) is 2.60. The van der Waals surface area contributed by atoms with Gasteiger partial charge in [0.05, 0.1) is 17.7 Å². The first-order valence-electron chi connectivity index (χ1n) is 5.92. The Hall–Kier alpha value is -1.33. The lowest BCUT2D eigenvalue weighted by atomic mass is 10.1. The van der Waals surface area contributed by atoms with Crippen LogP contribution in [-0.2, 0) is 4.79 Å². The molecule has 2 N–H and O–H groups in total. The number of carbonyl (C=O) groups is 1. The van der Waals surface area contributed by atoms with Crippen LogP contribution < -0.4 is 10.1 Å². The van der Waals surface area contributed by atoms with Crippen LogP contribution in [0.1, 0.15) is 13.8 Å². The van der Waals surface area contributed by atoms with Crippen LogP contribution in [0.25, 0.3) is 0 Å². The highest BCUT2D eigenvalue weighted by Crippen LogP contribution is 2.24. The standard InChI is InChI=1S/C13H17ClFNO3/c1-8(2)11(6-17)16-13(18)7-19-12-4-3-9(15)5-10(12)14/h3-5,8,11,17H,6-7H2,1-2H3,(H,16,18)/t11-/m1/s1. The zero-order valence-electron chi connectivity index (χ0n) is 10.8. The minimum Gasteiger partial charge on any atom is -0.482 e. The Balaban J connectivity index is 2.50. The molecule has 4 nitrogen and oxygen atoms in total. The number of hydrogen-bond donors (Lipinski definition) is 2. The predicted molar refractivity (Wildman–Crippen MR) is 70.8 cm³/mol. The van der Waals surface area contributed by atoms with E-state index in [4.69, 9.17) is 21.4 Å². The van der Waals surface area contributed by atoms with Gasteiger partial charge in [-0.1, -0.05) is 25.4 Å². The van der Waals surface area contributed by atoms with Crippen molar-refractivity contribution in [3.63, 3.8) is 0 Å². The van der Waals surface area contributed by atoms with Gasteiger partial charge in [-0.3, -0.25) is 4.79 Å². The largest absolute Gasteiger partial charge is 0.482 e. The van der Waals surface area contributed by atoms with Crippen LogP contribution in [-0.4, -0.2) is 30.3 Å². The van der Waals surface area contributed by atoms with E-state index in [-0.39, 0.29) is 41.9 Å². The number of carbonyl (C=O) groups excluding carboxylic acids is 1. The maximum atomic E-state index is 12.8. The van der Waals surface area contributed by atoms with Crippen molar-refractivity contribution in [2.75, 3.05) is 13.2 Å². The molecule has 0 saturated carbocycles. The summed E-state index contributed by atoms with van der Waals surface area (Å²) in [7, 11) is 0. The SMILES string of the molecule is CC(C)[C@@H](CO)NC(=O)COc1ccc(F)cc1Cl. The summed E-state index contributed by atoms with van der Waals surface area (Å²) in [6, 6.07) is 3.35. The van der Waals surface area contributed by atoms with E-state index in [1.165, 1.54) is 12.1 Å². The first-order valence-corrected chi connectivity index (χ1v) is 6.30. The summed E-state index contributed by atoms with van der Waals surface area (Å²) >= 11 is 5.76. The molecule has 19 heavy (non-hydrogen) atoms. The maximum Gasteiger partial charge on any atom is 0.258 e. The quantitative estimate of drug-likeness (QED) is 0.842. The Labute approximate surface area is 116 Å². The average molecular weight is 290 g/mol. The fourth-order valence-corrected chi connectivity index (χ4v) is 1.63. The molecular weight excluding hydrogens is 273 g/mol. The average Bonchev–Trinajstić information content (AvgIpc) is 2.34. The van der Waals surface area contributed by atoms with Crippen molar-refractivity contribution in [1.29, 1.82) is 0 Å². The van der Waals surface area contributed by atoms with Gasteiger partial charge in [-0.05, 0) is 24.1 Å². The van der Waals surface area contributed by atoms with Gasteiger partial charge in [0, 0.05) is 0 Å². The highest BCUT2D eigenvalue weighted by molar-refractivity contribution is 6.32. The van der Waals surface area contributed by atoms with Gasteiger partial charge < -0.3 is 15.2 Å². The molecule has 0 heterocycles. The molecule has 6 heteroatoms. The molecule has 0 bridgehead atoms. The number of nitrogens with one attached hydrogen (secondary N) is 1. The molecule has 106 valence electrons. The van der Waals surface area contributed by atoms with Crippen LogP contribution in [0.3, 0.4) is 0 Å². The van der Waals surface area contributed by atoms with Gasteiger partial charge in [0.15, 0.2) is 6.61 Å². The molecule has 0 spiro atoms. The molecule has 0 fully saturated rings. The summed E-state index contributed by atoms with van der Waals surface area (Å²) in [5.74, 6) is -0.484. The molecule has 1 amide bonds. The molecule has 1 aromatic carbocycles. The Kier molecular flexibility index (Phi) is 6.05. The lowest BCUT2D eigenvalue weighted by molar-refractivity contribution is -0.124. The van der Waals surface area contributed by atoms with Gasteiger partial charge in [-0.25, -0.2) is 4.39 Å². The summed E-state index contributed by atoms with van der Waals surface area (Å²) < 4.78 is 18.0. The molecule has 0 unspecified atom stereocenters. The van der Waals surface area contributed by atoms with E-state index in [0.29, 0.717) is 0 Å². The van der Waals surface area contributed by atoms with Crippen LogP contribution >= 0.6 is 11.6 Å². The monoisotopic (exact) mass is 289 g/mol. The Morgan fingerprint density at radius 1 is 1.53 bits per heavy atom. The lowest BCUT2D eigenvalue weighted by Gasteiger charge is -2.20. The Bertz CT molecular complexity index is 440. The molecule has 0 radical (unpaired) electrons. The number of halogens is 2. The van der Waals surface area contributed by atoms with E-state index in [9.17, 15) is 9.18 Å². The second kappa shape index (κ2) is 7.31. The van der Waals surface area contributed by atoms with Crippen molar-refractivity contribution in [2.24, 2.45) is 5.92 Å². The van der Waals surface area contributed by atoms with E-state index < -0.39 is 5.82 Å². The van der Waals surface area contributed by atoms with E-state index in [1.54, 1.807) is 0 Å². The second-order valence-electron chi connectivity index (χ2n) is 4.46. The third kappa shape index (κ3) is 5.04. The molecule has 0 aliphatic heterocycles. The summed E-state index contributed by atoms with van der Waals surface area (Å²) in [6.45, 7) is 3.40. The second-order valence-corrected chi connectivity index (χ2v) is 4.87. The summed E-state index contributed by atoms with van der Waals surface area (Å²) in [6.07, 6.45) is 0. The fourth-order valence-electron chi connectivity index (χ4n) is 1.41. The number of amides is 1. The molecular formula is C13H17ClFNO3. The molecule has 1 rings (SSSR count). The molecule has 1 atom stereocenters. The topological polar surface area (TPSA) is 58.6 Å². The molecule has 0 aliphatic rings. The van der Waals surface area contributed by atoms with Gasteiger partial charge in [-0.2, -0.15) is 0 Å². The van der Waals surface area contributed by atoms with Gasteiger partial charge in [-0.15, -0.1) is 0 Å². The molecule has 0 saturated heterocycles. The smallest absolute Gasteiger partial charge is 0.258 e. The van der Waals surface area contributed by atoms with E-state index in [0.717, 1.165) is 6.07 Å². The van der Waals surface area contributed by atoms with Gasteiger partial charge in [0.2, 0.25) is 0 Å². The number of rotatable bonds is 6. The highest BCUT2D eigenvalue weighted by Gasteiger charge is 2.15. The first kappa shape index (κ1) is 15.7. The van der Waals surface area contributed by atoms with E-state index >= 15 is 0 Å². The number of benzene rings is 1. The van der Waals surface area contributed by atoms with Crippen molar-refractivity contribution in [3.05, 3.63) is 29.0 Å². The maximum absolute atomic E-state index is 12.8. The number of aliphatic hydroxyl groups excluding tert-OH is 1. The van der Waals surface area contributed by atoms with E-state index in [1.807, 2.05) is 13.8 Å². The zero-order chi connectivity index (χ0) is 14.4. The summed E-state index contributed by atoms with van der Waals surface area (Å²) in [4.78, 5) is 11.6. The minimum absolute atomic E-state index is 0.107. The van der Waals surface area contributed by atoms with Crippen LogP contribution in [0.4, 0.5) is 4.39 Å². The van der Waals surface area contributed by atoms with Crippen LogP contribution in [0.5, 0.6) is 5.75 Å². The van der Waals surface area contributed by atoms with Crippen molar-refractivity contribution < 1.29 is 19.0 Å². The molecule has 0 aromatic heterocycles.